The van der Waals surface area contributed by atoms with Crippen LogP contribution in [0.5, 0.6) is 0 Å². The second-order valence-corrected chi connectivity index (χ2v) is 5.45. The molecule has 0 spiro atoms. The Hall–Kier alpha value is -1.38. The minimum Gasteiger partial charge on any atom is -0.305 e. The standard InChI is InChI=1S/C17H21ClN2/c1-4-10-19-16(17-15(18)9-6-11-20-17)14-8-5-7-12(2)13(14)3/h5-9,11,16,19H,4,10H2,1-3H3. The number of nitrogens with one attached hydrogen (secondary N) is 1. The number of hydrogen-bond donors (Lipinski definition) is 1. The molecule has 0 saturated carbocycles. The Kier molecular flexibility index (Phi) is 5.16. The Bertz CT molecular complexity index is 581. The van der Waals surface area contributed by atoms with Crippen LogP contribution in [0, 0.1) is 13.8 Å². The van der Waals surface area contributed by atoms with Gasteiger partial charge in [-0.25, -0.2) is 0 Å². The number of pyridine rings is 1. The summed E-state index contributed by atoms with van der Waals surface area (Å²) in [5.41, 5.74) is 4.73. The first-order chi connectivity index (χ1) is 9.65. The SMILES string of the molecule is CCCNC(c1cccc(C)c1C)c1ncccc1Cl. The lowest BCUT2D eigenvalue weighted by atomic mass is 9.95. The van der Waals surface area contributed by atoms with Gasteiger partial charge in [-0.1, -0.05) is 36.7 Å². The predicted molar refractivity (Wildman–Crippen MR) is 85.3 cm³/mol. The van der Waals surface area contributed by atoms with Gasteiger partial charge in [-0.15, -0.1) is 0 Å². The smallest absolute Gasteiger partial charge is 0.0804 e. The largest absolute Gasteiger partial charge is 0.305 e. The molecule has 2 nitrogen and oxygen atoms in total. The van der Waals surface area contributed by atoms with E-state index in [0.29, 0.717) is 5.02 Å². The maximum atomic E-state index is 6.34. The topological polar surface area (TPSA) is 24.9 Å². The quantitative estimate of drug-likeness (QED) is 0.880. The third-order valence-electron chi connectivity index (χ3n) is 3.62. The van der Waals surface area contributed by atoms with E-state index in [0.717, 1.165) is 18.7 Å². The van der Waals surface area contributed by atoms with Gasteiger partial charge in [-0.2, -0.15) is 0 Å². The molecule has 1 aromatic carbocycles. The van der Waals surface area contributed by atoms with Gasteiger partial charge < -0.3 is 5.32 Å². The van der Waals surface area contributed by atoms with Crippen molar-refractivity contribution in [3.05, 3.63) is 63.9 Å². The number of halogens is 1. The van der Waals surface area contributed by atoms with E-state index in [1.54, 1.807) is 6.20 Å². The number of rotatable bonds is 5. The molecule has 20 heavy (non-hydrogen) atoms. The predicted octanol–water partition coefficient (Wildman–Crippen LogP) is 4.44. The van der Waals surface area contributed by atoms with Crippen molar-refractivity contribution in [3.63, 3.8) is 0 Å². The molecule has 2 aromatic rings. The lowest BCUT2D eigenvalue weighted by Crippen LogP contribution is -2.25. The summed E-state index contributed by atoms with van der Waals surface area (Å²) in [6.45, 7) is 7.38. The molecule has 1 unspecified atom stereocenters. The van der Waals surface area contributed by atoms with Crippen molar-refractivity contribution in [2.75, 3.05) is 6.54 Å². The Morgan fingerprint density at radius 3 is 2.70 bits per heavy atom. The summed E-state index contributed by atoms with van der Waals surface area (Å²) in [4.78, 5) is 4.48. The average molecular weight is 289 g/mol. The van der Waals surface area contributed by atoms with Crippen LogP contribution < -0.4 is 5.32 Å². The molecule has 1 atom stereocenters. The first-order valence-corrected chi connectivity index (χ1v) is 7.42. The van der Waals surface area contributed by atoms with Crippen LogP contribution in [-0.2, 0) is 0 Å². The van der Waals surface area contributed by atoms with Gasteiger partial charge in [0.2, 0.25) is 0 Å². The highest BCUT2D eigenvalue weighted by atomic mass is 35.5. The minimum atomic E-state index is 0.0450. The van der Waals surface area contributed by atoms with Crippen molar-refractivity contribution >= 4 is 11.6 Å². The van der Waals surface area contributed by atoms with Crippen LogP contribution in [-0.4, -0.2) is 11.5 Å². The summed E-state index contributed by atoms with van der Waals surface area (Å²) in [6.07, 6.45) is 2.87. The van der Waals surface area contributed by atoms with Crippen LogP contribution in [0.4, 0.5) is 0 Å². The van der Waals surface area contributed by atoms with E-state index >= 15 is 0 Å². The van der Waals surface area contributed by atoms with Crippen LogP contribution in [0.2, 0.25) is 5.02 Å². The summed E-state index contributed by atoms with van der Waals surface area (Å²) < 4.78 is 0. The summed E-state index contributed by atoms with van der Waals surface area (Å²) in [6, 6.07) is 10.2. The molecular formula is C17H21ClN2. The second-order valence-electron chi connectivity index (χ2n) is 5.05. The fourth-order valence-electron chi connectivity index (χ4n) is 2.34. The molecule has 0 saturated heterocycles. The van der Waals surface area contributed by atoms with Gasteiger partial charge in [0.05, 0.1) is 16.8 Å². The van der Waals surface area contributed by atoms with Gasteiger partial charge in [0.1, 0.15) is 0 Å². The van der Waals surface area contributed by atoms with Crippen molar-refractivity contribution in [1.82, 2.24) is 10.3 Å². The molecule has 106 valence electrons. The lowest BCUT2D eigenvalue weighted by molar-refractivity contribution is 0.584. The molecule has 3 heteroatoms. The molecule has 0 bridgehead atoms. The molecular weight excluding hydrogens is 268 g/mol. The molecule has 1 aromatic heterocycles. The van der Waals surface area contributed by atoms with Crippen molar-refractivity contribution in [2.24, 2.45) is 0 Å². The molecule has 0 radical (unpaired) electrons. The van der Waals surface area contributed by atoms with Crippen molar-refractivity contribution < 1.29 is 0 Å². The van der Waals surface area contributed by atoms with Crippen molar-refractivity contribution in [1.29, 1.82) is 0 Å². The van der Waals surface area contributed by atoms with Crippen LogP contribution in [0.3, 0.4) is 0 Å². The van der Waals surface area contributed by atoms with Crippen LogP contribution in [0.15, 0.2) is 36.5 Å². The van der Waals surface area contributed by atoms with Gasteiger partial charge in [-0.3, -0.25) is 4.98 Å². The highest BCUT2D eigenvalue weighted by Crippen LogP contribution is 2.29. The zero-order valence-electron chi connectivity index (χ0n) is 12.3. The Morgan fingerprint density at radius 2 is 2.00 bits per heavy atom. The van der Waals surface area contributed by atoms with E-state index in [4.69, 9.17) is 11.6 Å². The van der Waals surface area contributed by atoms with Crippen LogP contribution in [0.1, 0.15) is 41.8 Å². The summed E-state index contributed by atoms with van der Waals surface area (Å²) in [5, 5.41) is 4.27. The van der Waals surface area contributed by atoms with Crippen molar-refractivity contribution in [3.8, 4) is 0 Å². The first-order valence-electron chi connectivity index (χ1n) is 7.05. The van der Waals surface area contributed by atoms with E-state index in [1.165, 1.54) is 16.7 Å². The minimum absolute atomic E-state index is 0.0450. The van der Waals surface area contributed by atoms with Crippen LogP contribution in [0.25, 0.3) is 0 Å². The number of aryl methyl sites for hydroxylation is 1. The fourth-order valence-corrected chi connectivity index (χ4v) is 2.57. The third kappa shape index (κ3) is 3.20. The number of nitrogens with zero attached hydrogens (tertiary/aromatic N) is 1. The van der Waals surface area contributed by atoms with Gasteiger partial charge in [0.15, 0.2) is 0 Å². The van der Waals surface area contributed by atoms with Gasteiger partial charge in [-0.05, 0) is 55.6 Å². The number of hydrogen-bond acceptors (Lipinski definition) is 2. The highest BCUT2D eigenvalue weighted by molar-refractivity contribution is 6.31. The Balaban J connectivity index is 2.47. The highest BCUT2D eigenvalue weighted by Gasteiger charge is 2.19. The second kappa shape index (κ2) is 6.87. The Labute approximate surface area is 126 Å². The zero-order valence-corrected chi connectivity index (χ0v) is 13.0. The number of benzene rings is 1. The zero-order chi connectivity index (χ0) is 14.5. The van der Waals surface area contributed by atoms with Gasteiger partial charge in [0.25, 0.3) is 0 Å². The lowest BCUT2D eigenvalue weighted by Gasteiger charge is -2.22. The normalized spacial score (nSPS) is 12.4. The molecule has 0 amide bonds. The maximum absolute atomic E-state index is 6.34. The average Bonchev–Trinajstić information content (AvgIpc) is 2.45. The monoisotopic (exact) mass is 288 g/mol. The first kappa shape index (κ1) is 15.0. The fraction of sp³-hybridized carbons (Fsp3) is 0.353. The van der Waals surface area contributed by atoms with Gasteiger partial charge >= 0.3 is 0 Å². The number of aromatic nitrogens is 1. The third-order valence-corrected chi connectivity index (χ3v) is 3.94. The molecule has 0 aliphatic heterocycles. The molecule has 0 aliphatic carbocycles. The molecule has 2 rings (SSSR count). The van der Waals surface area contributed by atoms with E-state index < -0.39 is 0 Å². The van der Waals surface area contributed by atoms with Gasteiger partial charge in [0, 0.05) is 6.20 Å². The van der Waals surface area contributed by atoms with E-state index in [1.807, 2.05) is 12.1 Å². The van der Waals surface area contributed by atoms with E-state index in [9.17, 15) is 0 Å². The molecule has 1 heterocycles. The Morgan fingerprint density at radius 1 is 1.20 bits per heavy atom. The van der Waals surface area contributed by atoms with Crippen molar-refractivity contribution in [2.45, 2.75) is 33.2 Å². The van der Waals surface area contributed by atoms with Crippen LogP contribution >= 0.6 is 11.6 Å². The maximum Gasteiger partial charge on any atom is 0.0804 e. The molecule has 0 fully saturated rings. The molecule has 0 aliphatic rings. The van der Waals surface area contributed by atoms with E-state index in [2.05, 4.69) is 49.3 Å². The summed E-state index contributed by atoms with van der Waals surface area (Å²) in [7, 11) is 0. The van der Waals surface area contributed by atoms with E-state index in [-0.39, 0.29) is 6.04 Å². The summed E-state index contributed by atoms with van der Waals surface area (Å²) in [5.74, 6) is 0. The molecule has 1 N–H and O–H groups in total. The summed E-state index contributed by atoms with van der Waals surface area (Å²) >= 11 is 6.34.